The van der Waals surface area contributed by atoms with E-state index in [4.69, 9.17) is 10.2 Å². The summed E-state index contributed by atoms with van der Waals surface area (Å²) < 4.78 is 0. The van der Waals surface area contributed by atoms with Gasteiger partial charge in [-0.05, 0) is 6.07 Å². The van der Waals surface area contributed by atoms with Gasteiger partial charge in [0.25, 0.3) is 0 Å². The maximum absolute atomic E-state index is 10.6. The molecule has 0 fully saturated rings. The number of carboxylic acid groups (broad SMARTS) is 1. The molecule has 2 aromatic rings. The van der Waals surface area contributed by atoms with Crippen LogP contribution in [0.25, 0.3) is 10.2 Å². The number of hydrogen-bond acceptors (Lipinski definition) is 4. The van der Waals surface area contributed by atoms with Crippen molar-refractivity contribution in [3.8, 4) is 5.06 Å². The van der Waals surface area contributed by atoms with E-state index < -0.39 is 5.97 Å². The first-order valence-corrected chi connectivity index (χ1v) is 4.30. The third-order valence-electron chi connectivity index (χ3n) is 1.61. The van der Waals surface area contributed by atoms with Gasteiger partial charge < -0.3 is 10.2 Å². The van der Waals surface area contributed by atoms with E-state index in [2.05, 4.69) is 4.98 Å². The summed E-state index contributed by atoms with van der Waals surface area (Å²) in [5.41, 5.74) is 0.130. The van der Waals surface area contributed by atoms with Crippen LogP contribution in [0.15, 0.2) is 18.3 Å². The Labute approximate surface area is 77.1 Å². The summed E-state index contributed by atoms with van der Waals surface area (Å²) in [6, 6.07) is 2.99. The van der Waals surface area contributed by atoms with Crippen LogP contribution in [0.1, 0.15) is 10.4 Å². The van der Waals surface area contributed by atoms with Crippen molar-refractivity contribution in [2.45, 2.75) is 0 Å². The van der Waals surface area contributed by atoms with Crippen LogP contribution >= 0.6 is 11.3 Å². The molecule has 2 aromatic heterocycles. The number of carboxylic acids is 1. The van der Waals surface area contributed by atoms with Crippen LogP contribution in [-0.2, 0) is 0 Å². The fourth-order valence-electron chi connectivity index (χ4n) is 1.04. The molecule has 66 valence electrons. The maximum Gasteiger partial charge on any atom is 0.337 e. The summed E-state index contributed by atoms with van der Waals surface area (Å²) in [4.78, 5) is 15.1. The molecular weight excluding hydrogens is 190 g/mol. The first-order chi connectivity index (χ1) is 6.16. The van der Waals surface area contributed by atoms with E-state index in [0.717, 1.165) is 11.3 Å². The van der Waals surface area contributed by atoms with Crippen LogP contribution in [-0.4, -0.2) is 21.2 Å². The zero-order chi connectivity index (χ0) is 9.42. The topological polar surface area (TPSA) is 70.4 Å². The van der Waals surface area contributed by atoms with Gasteiger partial charge in [-0.3, -0.25) is 0 Å². The van der Waals surface area contributed by atoms with Crippen LogP contribution in [0.4, 0.5) is 0 Å². The van der Waals surface area contributed by atoms with E-state index in [1.807, 2.05) is 0 Å². The third kappa shape index (κ3) is 1.33. The second-order valence-corrected chi connectivity index (χ2v) is 3.52. The van der Waals surface area contributed by atoms with Crippen LogP contribution in [0.3, 0.4) is 0 Å². The van der Waals surface area contributed by atoms with Crippen molar-refractivity contribution in [3.63, 3.8) is 0 Å². The monoisotopic (exact) mass is 195 g/mol. The molecule has 0 spiro atoms. The Morgan fingerprint density at radius 1 is 1.46 bits per heavy atom. The first kappa shape index (κ1) is 8.00. The Morgan fingerprint density at radius 3 is 2.92 bits per heavy atom. The number of aromatic carboxylic acids is 1. The summed E-state index contributed by atoms with van der Waals surface area (Å²) in [7, 11) is 0. The second-order valence-electron chi connectivity index (χ2n) is 2.51. The fraction of sp³-hybridized carbons (Fsp3) is 0. The molecule has 0 aliphatic carbocycles. The molecule has 4 nitrogen and oxygen atoms in total. The van der Waals surface area contributed by atoms with E-state index in [1.54, 1.807) is 0 Å². The van der Waals surface area contributed by atoms with Crippen LogP contribution in [0.2, 0.25) is 0 Å². The van der Waals surface area contributed by atoms with Gasteiger partial charge in [0.05, 0.1) is 5.56 Å². The standard InChI is InChI=1S/C8H5NO3S/c10-6-2-4-1-5(8(11)12)3-9-7(4)13-6/h1-3,10H,(H,11,12). The molecule has 0 radical (unpaired) electrons. The summed E-state index contributed by atoms with van der Waals surface area (Å²) in [6.45, 7) is 0. The molecule has 0 unspecified atom stereocenters. The van der Waals surface area contributed by atoms with Gasteiger partial charge >= 0.3 is 5.97 Å². The Morgan fingerprint density at radius 2 is 2.23 bits per heavy atom. The number of nitrogens with zero attached hydrogens (tertiary/aromatic N) is 1. The van der Waals surface area contributed by atoms with Gasteiger partial charge in [0, 0.05) is 17.6 Å². The van der Waals surface area contributed by atoms with E-state index >= 15 is 0 Å². The largest absolute Gasteiger partial charge is 0.499 e. The molecule has 13 heavy (non-hydrogen) atoms. The van der Waals surface area contributed by atoms with E-state index in [1.165, 1.54) is 18.3 Å². The summed E-state index contributed by atoms with van der Waals surface area (Å²) in [5.74, 6) is -1.01. The molecule has 0 saturated carbocycles. The molecule has 0 aliphatic rings. The minimum Gasteiger partial charge on any atom is -0.499 e. The highest BCUT2D eigenvalue weighted by Gasteiger charge is 2.06. The second kappa shape index (κ2) is 2.70. The molecule has 0 saturated heterocycles. The maximum atomic E-state index is 10.6. The highest BCUT2D eigenvalue weighted by molar-refractivity contribution is 7.20. The molecule has 0 amide bonds. The zero-order valence-electron chi connectivity index (χ0n) is 6.39. The molecule has 0 atom stereocenters. The predicted molar refractivity (Wildman–Crippen MR) is 48.2 cm³/mol. The summed E-state index contributed by atoms with van der Waals surface area (Å²) >= 11 is 1.12. The number of hydrogen-bond donors (Lipinski definition) is 2. The van der Waals surface area contributed by atoms with Gasteiger partial charge in [0.15, 0.2) is 5.06 Å². The van der Waals surface area contributed by atoms with Crippen molar-refractivity contribution in [3.05, 3.63) is 23.9 Å². The SMILES string of the molecule is O=C(O)c1cnc2sc(O)cc2c1. The predicted octanol–water partition coefficient (Wildman–Crippen LogP) is 1.70. The average molecular weight is 195 g/mol. The van der Waals surface area contributed by atoms with Gasteiger partial charge in [0.2, 0.25) is 0 Å². The lowest BCUT2D eigenvalue weighted by Gasteiger charge is -1.91. The third-order valence-corrected chi connectivity index (χ3v) is 2.47. The smallest absolute Gasteiger partial charge is 0.337 e. The Bertz CT molecular complexity index is 477. The lowest BCUT2D eigenvalue weighted by molar-refractivity contribution is 0.0696. The van der Waals surface area contributed by atoms with Gasteiger partial charge in [-0.1, -0.05) is 11.3 Å². The van der Waals surface area contributed by atoms with Gasteiger partial charge in [-0.15, -0.1) is 0 Å². The molecular formula is C8H5NO3S. The molecule has 2 N–H and O–H groups in total. The number of fused-ring (bicyclic) bond motifs is 1. The van der Waals surface area contributed by atoms with Gasteiger partial charge in [-0.25, -0.2) is 9.78 Å². The minimum atomic E-state index is -1.01. The molecule has 0 aromatic carbocycles. The van der Waals surface area contributed by atoms with Crippen LogP contribution in [0.5, 0.6) is 5.06 Å². The van der Waals surface area contributed by atoms with Crippen molar-refractivity contribution < 1.29 is 15.0 Å². The molecule has 0 aliphatic heterocycles. The number of aromatic nitrogens is 1. The van der Waals surface area contributed by atoms with Crippen molar-refractivity contribution in [1.82, 2.24) is 4.98 Å². The van der Waals surface area contributed by atoms with Gasteiger partial charge in [0.1, 0.15) is 4.83 Å². The van der Waals surface area contributed by atoms with Crippen LogP contribution in [0, 0.1) is 0 Å². The highest BCUT2D eigenvalue weighted by Crippen LogP contribution is 2.28. The molecule has 2 rings (SSSR count). The summed E-state index contributed by atoms with van der Waals surface area (Å²) in [6.07, 6.45) is 1.28. The molecule has 2 heterocycles. The quantitative estimate of drug-likeness (QED) is 0.726. The molecule has 5 heteroatoms. The normalized spacial score (nSPS) is 10.5. The number of aromatic hydroxyl groups is 1. The van der Waals surface area contributed by atoms with Crippen molar-refractivity contribution >= 4 is 27.5 Å². The zero-order valence-corrected chi connectivity index (χ0v) is 7.21. The Balaban J connectivity index is 2.67. The lowest BCUT2D eigenvalue weighted by Crippen LogP contribution is -1.95. The average Bonchev–Trinajstić information content (AvgIpc) is 2.42. The van der Waals surface area contributed by atoms with Crippen LogP contribution < -0.4 is 0 Å². The first-order valence-electron chi connectivity index (χ1n) is 3.48. The molecule has 0 bridgehead atoms. The number of pyridine rings is 1. The van der Waals surface area contributed by atoms with E-state index in [0.29, 0.717) is 10.2 Å². The lowest BCUT2D eigenvalue weighted by atomic mass is 10.2. The van der Waals surface area contributed by atoms with E-state index in [9.17, 15) is 4.79 Å². The van der Waals surface area contributed by atoms with E-state index in [-0.39, 0.29) is 10.6 Å². The number of rotatable bonds is 1. The highest BCUT2D eigenvalue weighted by atomic mass is 32.1. The fourth-order valence-corrected chi connectivity index (χ4v) is 1.76. The van der Waals surface area contributed by atoms with Crippen molar-refractivity contribution in [2.24, 2.45) is 0 Å². The van der Waals surface area contributed by atoms with Gasteiger partial charge in [-0.2, -0.15) is 0 Å². The van der Waals surface area contributed by atoms with Crippen molar-refractivity contribution in [1.29, 1.82) is 0 Å². The summed E-state index contributed by atoms with van der Waals surface area (Å²) in [5, 5.41) is 18.6. The Hall–Kier alpha value is -1.62. The number of carbonyl (C=O) groups is 1. The minimum absolute atomic E-state index is 0.130. The Kier molecular flexibility index (Phi) is 1.66. The number of thiophene rings is 1. The van der Waals surface area contributed by atoms with Crippen molar-refractivity contribution in [2.75, 3.05) is 0 Å².